The lowest BCUT2D eigenvalue weighted by atomic mass is 9.99. The SMILES string of the molecule is COc1cccc(-c2cc(=O)c3c(OC)cc4c(c3o2)C=CC(C)(C)O4)c1. The smallest absolute Gasteiger partial charge is 0.197 e. The first-order chi connectivity index (χ1) is 12.9. The Morgan fingerprint density at radius 1 is 1.04 bits per heavy atom. The van der Waals surface area contributed by atoms with Gasteiger partial charge in [0.1, 0.15) is 34.0 Å². The molecule has 3 aromatic rings. The van der Waals surface area contributed by atoms with E-state index in [-0.39, 0.29) is 5.43 Å². The van der Waals surface area contributed by atoms with Crippen molar-refractivity contribution in [1.29, 1.82) is 0 Å². The van der Waals surface area contributed by atoms with Crippen LogP contribution in [-0.2, 0) is 0 Å². The molecule has 2 heterocycles. The first-order valence-corrected chi connectivity index (χ1v) is 8.63. The van der Waals surface area contributed by atoms with Crippen LogP contribution in [0.2, 0.25) is 0 Å². The molecule has 1 aromatic heterocycles. The molecule has 0 bridgehead atoms. The Kier molecular flexibility index (Phi) is 3.95. The maximum Gasteiger partial charge on any atom is 0.197 e. The average Bonchev–Trinajstić information content (AvgIpc) is 2.66. The van der Waals surface area contributed by atoms with Crippen molar-refractivity contribution >= 4 is 17.0 Å². The molecule has 0 unspecified atom stereocenters. The Morgan fingerprint density at radius 3 is 2.59 bits per heavy atom. The van der Waals surface area contributed by atoms with Crippen molar-refractivity contribution in [3.8, 4) is 28.6 Å². The van der Waals surface area contributed by atoms with Crippen LogP contribution in [0.15, 0.2) is 51.7 Å². The zero-order chi connectivity index (χ0) is 19.2. The van der Waals surface area contributed by atoms with Crippen LogP contribution in [0.1, 0.15) is 19.4 Å². The molecule has 0 aliphatic carbocycles. The zero-order valence-corrected chi connectivity index (χ0v) is 15.7. The minimum Gasteiger partial charge on any atom is -0.497 e. The van der Waals surface area contributed by atoms with Gasteiger partial charge in [-0.2, -0.15) is 0 Å². The average molecular weight is 364 g/mol. The summed E-state index contributed by atoms with van der Waals surface area (Å²) in [5.74, 6) is 2.20. The third-order valence-corrected chi connectivity index (χ3v) is 4.56. The molecular formula is C22H20O5. The topological polar surface area (TPSA) is 57.9 Å². The van der Waals surface area contributed by atoms with E-state index in [1.165, 1.54) is 13.2 Å². The van der Waals surface area contributed by atoms with E-state index in [0.717, 1.165) is 11.1 Å². The van der Waals surface area contributed by atoms with Crippen LogP contribution in [0.4, 0.5) is 0 Å². The third kappa shape index (κ3) is 2.95. The van der Waals surface area contributed by atoms with Crippen molar-refractivity contribution < 1.29 is 18.6 Å². The standard InChI is InChI=1S/C22H20O5/c1-22(2)9-8-15-18(27-22)12-19(25-4)20-16(23)11-17(26-21(15)20)13-6-5-7-14(10-13)24-3/h5-12H,1-4H3. The van der Waals surface area contributed by atoms with Gasteiger partial charge in [0.2, 0.25) is 0 Å². The van der Waals surface area contributed by atoms with Gasteiger partial charge in [0, 0.05) is 17.7 Å². The highest BCUT2D eigenvalue weighted by atomic mass is 16.5. The molecule has 0 N–H and O–H groups in total. The Morgan fingerprint density at radius 2 is 1.85 bits per heavy atom. The summed E-state index contributed by atoms with van der Waals surface area (Å²) in [5.41, 5.74) is 1.31. The van der Waals surface area contributed by atoms with Crippen molar-refractivity contribution in [2.24, 2.45) is 0 Å². The van der Waals surface area contributed by atoms with Crippen LogP contribution in [-0.4, -0.2) is 19.8 Å². The molecule has 0 radical (unpaired) electrons. The van der Waals surface area contributed by atoms with Crippen LogP contribution in [0.25, 0.3) is 28.4 Å². The lowest BCUT2D eigenvalue weighted by Gasteiger charge is -2.28. The second-order valence-corrected chi connectivity index (χ2v) is 6.94. The molecule has 27 heavy (non-hydrogen) atoms. The molecule has 0 saturated heterocycles. The van der Waals surface area contributed by atoms with Gasteiger partial charge < -0.3 is 18.6 Å². The molecule has 4 rings (SSSR count). The van der Waals surface area contributed by atoms with E-state index in [1.54, 1.807) is 13.2 Å². The van der Waals surface area contributed by atoms with Gasteiger partial charge in [-0.15, -0.1) is 0 Å². The summed E-state index contributed by atoms with van der Waals surface area (Å²) < 4.78 is 22.9. The van der Waals surface area contributed by atoms with Crippen LogP contribution in [0, 0.1) is 0 Å². The van der Waals surface area contributed by atoms with Crippen LogP contribution in [0.5, 0.6) is 17.2 Å². The highest BCUT2D eigenvalue weighted by molar-refractivity contribution is 5.94. The number of benzene rings is 2. The lowest BCUT2D eigenvalue weighted by molar-refractivity contribution is 0.158. The van der Waals surface area contributed by atoms with Gasteiger partial charge >= 0.3 is 0 Å². The van der Waals surface area contributed by atoms with Gasteiger partial charge in [-0.3, -0.25) is 4.79 Å². The highest BCUT2D eigenvalue weighted by Gasteiger charge is 2.26. The predicted molar refractivity (Wildman–Crippen MR) is 105 cm³/mol. The van der Waals surface area contributed by atoms with Crippen molar-refractivity contribution in [3.63, 3.8) is 0 Å². The van der Waals surface area contributed by atoms with Crippen molar-refractivity contribution in [2.45, 2.75) is 19.4 Å². The minimum atomic E-state index is -0.448. The predicted octanol–water partition coefficient (Wildman–Crippen LogP) is 4.66. The van der Waals surface area contributed by atoms with Gasteiger partial charge in [0.15, 0.2) is 11.0 Å². The summed E-state index contributed by atoms with van der Waals surface area (Å²) >= 11 is 0. The maximum atomic E-state index is 12.9. The van der Waals surface area contributed by atoms with E-state index < -0.39 is 5.60 Å². The molecule has 1 aliphatic rings. The first-order valence-electron chi connectivity index (χ1n) is 8.63. The summed E-state index contributed by atoms with van der Waals surface area (Å²) in [5, 5.41) is 0.399. The summed E-state index contributed by atoms with van der Waals surface area (Å²) in [6, 6.07) is 10.6. The van der Waals surface area contributed by atoms with E-state index in [2.05, 4.69) is 0 Å². The molecule has 5 heteroatoms. The fourth-order valence-electron chi connectivity index (χ4n) is 3.22. The highest BCUT2D eigenvalue weighted by Crippen LogP contribution is 2.41. The molecule has 0 saturated carbocycles. The second-order valence-electron chi connectivity index (χ2n) is 6.94. The first kappa shape index (κ1) is 17.2. The van der Waals surface area contributed by atoms with Crippen LogP contribution >= 0.6 is 0 Å². The quantitative estimate of drug-likeness (QED) is 0.676. The maximum absolute atomic E-state index is 12.9. The lowest BCUT2D eigenvalue weighted by Crippen LogP contribution is -2.27. The number of fused-ring (bicyclic) bond motifs is 3. The number of hydrogen-bond acceptors (Lipinski definition) is 5. The van der Waals surface area contributed by atoms with E-state index in [1.807, 2.05) is 50.3 Å². The largest absolute Gasteiger partial charge is 0.497 e. The Hall–Kier alpha value is -3.21. The van der Waals surface area contributed by atoms with E-state index in [9.17, 15) is 4.79 Å². The molecule has 0 amide bonds. The molecule has 5 nitrogen and oxygen atoms in total. The van der Waals surface area contributed by atoms with Gasteiger partial charge in [0.05, 0.1) is 19.8 Å². The Balaban J connectivity index is 2.02. The summed E-state index contributed by atoms with van der Waals surface area (Å²) in [6.45, 7) is 3.93. The van der Waals surface area contributed by atoms with Crippen molar-refractivity contribution in [3.05, 3.63) is 58.3 Å². The molecule has 138 valence electrons. The van der Waals surface area contributed by atoms with Crippen molar-refractivity contribution in [1.82, 2.24) is 0 Å². The van der Waals surface area contributed by atoms with Crippen molar-refractivity contribution in [2.75, 3.05) is 14.2 Å². The van der Waals surface area contributed by atoms with E-state index >= 15 is 0 Å². The fourth-order valence-corrected chi connectivity index (χ4v) is 3.22. The van der Waals surface area contributed by atoms with Gasteiger partial charge in [0.25, 0.3) is 0 Å². The second kappa shape index (κ2) is 6.20. The number of rotatable bonds is 3. The number of ether oxygens (including phenoxy) is 3. The normalized spacial score (nSPS) is 14.5. The summed E-state index contributed by atoms with van der Waals surface area (Å²) in [7, 11) is 3.13. The molecular weight excluding hydrogens is 344 g/mol. The Bertz CT molecular complexity index is 1120. The monoisotopic (exact) mass is 364 g/mol. The summed E-state index contributed by atoms with van der Waals surface area (Å²) in [4.78, 5) is 12.9. The van der Waals surface area contributed by atoms with Gasteiger partial charge in [-0.1, -0.05) is 12.1 Å². The zero-order valence-electron chi connectivity index (χ0n) is 15.7. The molecule has 1 aliphatic heterocycles. The van der Waals surface area contributed by atoms with Gasteiger partial charge in [-0.25, -0.2) is 0 Å². The summed E-state index contributed by atoms with van der Waals surface area (Å²) in [6.07, 6.45) is 3.87. The Labute approximate surface area is 156 Å². The van der Waals surface area contributed by atoms with Crippen LogP contribution < -0.4 is 19.6 Å². The van der Waals surface area contributed by atoms with Crippen LogP contribution in [0.3, 0.4) is 0 Å². The van der Waals surface area contributed by atoms with Gasteiger partial charge in [-0.05, 0) is 38.1 Å². The minimum absolute atomic E-state index is 0.174. The van der Waals surface area contributed by atoms with E-state index in [0.29, 0.717) is 34.0 Å². The molecule has 0 atom stereocenters. The number of methoxy groups -OCH3 is 2. The third-order valence-electron chi connectivity index (χ3n) is 4.56. The molecule has 2 aromatic carbocycles. The molecule has 0 fully saturated rings. The fraction of sp³-hybridized carbons (Fsp3) is 0.227. The van der Waals surface area contributed by atoms with E-state index in [4.69, 9.17) is 18.6 Å². The number of hydrogen-bond donors (Lipinski definition) is 0. The molecule has 0 spiro atoms.